The molecule has 0 aliphatic carbocycles. The number of benzene rings is 2. The minimum absolute atomic E-state index is 0.0201. The van der Waals surface area contributed by atoms with E-state index in [0.29, 0.717) is 45.9 Å². The highest BCUT2D eigenvalue weighted by Gasteiger charge is 2.35. The second kappa shape index (κ2) is 12.8. The van der Waals surface area contributed by atoms with Gasteiger partial charge in [-0.05, 0) is 81.5 Å². The number of hydrogen-bond acceptors (Lipinski definition) is 7. The van der Waals surface area contributed by atoms with Gasteiger partial charge in [0.15, 0.2) is 5.11 Å². The number of aromatic nitrogens is 3. The zero-order valence-electron chi connectivity index (χ0n) is 25.8. The largest absolute Gasteiger partial charge is 0.443 e. The van der Waals surface area contributed by atoms with Crippen LogP contribution in [0.4, 0.5) is 35.3 Å². The van der Waals surface area contributed by atoms with Crippen molar-refractivity contribution in [2.75, 3.05) is 22.9 Å². The fourth-order valence-electron chi connectivity index (χ4n) is 4.85. The van der Waals surface area contributed by atoms with Crippen molar-refractivity contribution < 1.29 is 27.5 Å². The van der Waals surface area contributed by atoms with Gasteiger partial charge in [0.1, 0.15) is 11.3 Å². The van der Waals surface area contributed by atoms with Crippen molar-refractivity contribution >= 4 is 46.7 Å². The van der Waals surface area contributed by atoms with Gasteiger partial charge in [-0.1, -0.05) is 17.9 Å². The number of nitrogens with two attached hydrogens (primary N) is 1. The van der Waals surface area contributed by atoms with E-state index >= 15 is 0 Å². The van der Waals surface area contributed by atoms with Gasteiger partial charge in [0.25, 0.3) is 5.91 Å². The minimum atomic E-state index is -4.43. The molecule has 10 nitrogen and oxygen atoms in total. The molecule has 1 aliphatic rings. The number of amides is 2. The molecule has 0 atom stereocenters. The molecule has 2 amide bonds. The summed E-state index contributed by atoms with van der Waals surface area (Å²) >= 11 is 5.33. The van der Waals surface area contributed by atoms with Gasteiger partial charge in [-0.25, -0.2) is 19.7 Å². The van der Waals surface area contributed by atoms with E-state index in [9.17, 15) is 22.8 Å². The lowest BCUT2D eigenvalue weighted by atomic mass is 10.1. The van der Waals surface area contributed by atoms with Gasteiger partial charge >= 0.3 is 12.3 Å². The first-order valence-corrected chi connectivity index (χ1v) is 14.7. The van der Waals surface area contributed by atoms with Crippen molar-refractivity contribution in [3.05, 3.63) is 88.7 Å². The maximum atomic E-state index is 13.3. The van der Waals surface area contributed by atoms with Crippen LogP contribution in [-0.2, 0) is 24.4 Å². The number of nitrogens with zero attached hydrogens (tertiary/aromatic N) is 4. The number of rotatable bonds is 3. The van der Waals surface area contributed by atoms with Gasteiger partial charge in [-0.15, -0.1) is 0 Å². The summed E-state index contributed by atoms with van der Waals surface area (Å²) in [5.74, 6) is 5.72. The van der Waals surface area contributed by atoms with E-state index in [4.69, 9.17) is 22.7 Å². The lowest BCUT2D eigenvalue weighted by Gasteiger charge is -2.28. The number of ether oxygens (including phenoxy) is 1. The zero-order chi connectivity index (χ0) is 34.1. The summed E-state index contributed by atoms with van der Waals surface area (Å²) in [6.45, 7) is 5.38. The molecule has 2 aromatic heterocycles. The van der Waals surface area contributed by atoms with E-state index < -0.39 is 29.3 Å². The van der Waals surface area contributed by atoms with Crippen LogP contribution in [0.25, 0.3) is 11.4 Å². The summed E-state index contributed by atoms with van der Waals surface area (Å²) in [7, 11) is 1.80. The van der Waals surface area contributed by atoms with Crippen LogP contribution in [0.5, 0.6) is 0 Å². The molecule has 0 saturated carbocycles. The maximum absolute atomic E-state index is 13.3. The van der Waals surface area contributed by atoms with Crippen molar-refractivity contribution in [3.8, 4) is 23.2 Å². The molecule has 4 N–H and O–H groups in total. The molecular formula is C33H30F3N7O3S. The van der Waals surface area contributed by atoms with Crippen LogP contribution in [0, 0.1) is 11.8 Å². The van der Waals surface area contributed by atoms with Gasteiger partial charge in [-0.2, -0.15) is 13.2 Å². The van der Waals surface area contributed by atoms with Crippen molar-refractivity contribution in [3.63, 3.8) is 0 Å². The van der Waals surface area contributed by atoms with E-state index in [2.05, 4.69) is 32.4 Å². The fraction of sp³-hybridized carbons (Fsp3) is 0.242. The number of carbonyl (C=O) groups excluding carboxylic acids is 2. The molecule has 1 aliphatic heterocycles. The quantitative estimate of drug-likeness (QED) is 0.173. The Labute approximate surface area is 274 Å². The Hall–Kier alpha value is -5.42. The second-order valence-electron chi connectivity index (χ2n) is 11.6. The Bertz CT molecular complexity index is 1940. The Balaban J connectivity index is 1.36. The number of thiocarbonyl (C=S) groups is 1. The molecule has 0 fully saturated rings. The molecule has 4 aromatic rings. The number of halogens is 3. The highest BCUT2D eigenvalue weighted by Crippen LogP contribution is 2.31. The van der Waals surface area contributed by atoms with Crippen LogP contribution in [0.3, 0.4) is 0 Å². The molecule has 2 aromatic carbocycles. The van der Waals surface area contributed by atoms with E-state index in [1.54, 1.807) is 58.2 Å². The van der Waals surface area contributed by atoms with Crippen LogP contribution in [-0.4, -0.2) is 48.7 Å². The van der Waals surface area contributed by atoms with Crippen LogP contribution >= 0.6 is 12.2 Å². The van der Waals surface area contributed by atoms with Gasteiger partial charge in [0.05, 0.1) is 22.4 Å². The van der Waals surface area contributed by atoms with E-state index in [-0.39, 0.29) is 17.6 Å². The molecular weight excluding hydrogens is 631 g/mol. The Morgan fingerprint density at radius 2 is 1.74 bits per heavy atom. The van der Waals surface area contributed by atoms with E-state index in [0.717, 1.165) is 22.7 Å². The number of hydrogen-bond donors (Lipinski definition) is 3. The molecule has 0 unspecified atom stereocenters. The zero-order valence-corrected chi connectivity index (χ0v) is 26.6. The molecule has 47 heavy (non-hydrogen) atoms. The van der Waals surface area contributed by atoms with Crippen molar-refractivity contribution in [1.29, 1.82) is 0 Å². The first-order chi connectivity index (χ1) is 22.1. The van der Waals surface area contributed by atoms with Gasteiger partial charge in [0.2, 0.25) is 5.95 Å². The highest BCUT2D eigenvalue weighted by atomic mass is 32.1. The normalized spacial score (nSPS) is 12.9. The first kappa shape index (κ1) is 33.0. The first-order valence-electron chi connectivity index (χ1n) is 14.3. The van der Waals surface area contributed by atoms with E-state index in [1.807, 2.05) is 4.57 Å². The fourth-order valence-corrected chi connectivity index (χ4v) is 5.08. The van der Waals surface area contributed by atoms with Crippen LogP contribution < -0.4 is 16.4 Å². The maximum Gasteiger partial charge on any atom is 0.417 e. The SMILES string of the molecule is Cn1c(-c2nc(N)ncc2C#Cc2cccc(NC(=S)Nc3ccc(C(F)(F)F)cc3)c2)cc2c1CCN(C(=O)OC(C)(C)C)C2=O. The molecule has 0 radical (unpaired) electrons. The highest BCUT2D eigenvalue weighted by molar-refractivity contribution is 7.80. The average molecular weight is 662 g/mol. The second-order valence-corrected chi connectivity index (χ2v) is 12.0. The smallest absolute Gasteiger partial charge is 0.417 e. The van der Waals surface area contributed by atoms with Crippen molar-refractivity contribution in [2.24, 2.45) is 7.05 Å². The predicted octanol–water partition coefficient (Wildman–Crippen LogP) is 6.23. The third kappa shape index (κ3) is 7.70. The molecule has 0 bridgehead atoms. The van der Waals surface area contributed by atoms with Crippen LogP contribution in [0.15, 0.2) is 60.8 Å². The lowest BCUT2D eigenvalue weighted by Crippen LogP contribution is -2.44. The molecule has 0 spiro atoms. The summed E-state index contributed by atoms with van der Waals surface area (Å²) in [4.78, 5) is 35.7. The topological polar surface area (TPSA) is 127 Å². The van der Waals surface area contributed by atoms with Crippen LogP contribution in [0.2, 0.25) is 0 Å². The Morgan fingerprint density at radius 1 is 1.04 bits per heavy atom. The summed E-state index contributed by atoms with van der Waals surface area (Å²) in [6, 6.07) is 13.2. The number of imide groups is 1. The third-order valence-corrected chi connectivity index (χ3v) is 7.21. The third-order valence-electron chi connectivity index (χ3n) is 7.00. The number of nitrogens with one attached hydrogen (secondary N) is 2. The standard InChI is InChI=1S/C33H30F3N7O3S/c1-32(2,3)46-31(45)43-15-14-25-24(28(43)44)17-26(42(25)4)27-20(18-38-29(37)41-27)9-8-19-6-5-7-23(16-19)40-30(47)39-22-12-10-21(11-13-22)33(34,35)36/h5-7,10-13,16-18H,14-15H2,1-4H3,(H2,37,38,41)(H2,39,40,47). The number of carbonyl (C=O) groups is 2. The molecule has 0 saturated heterocycles. The minimum Gasteiger partial charge on any atom is -0.443 e. The molecule has 242 valence electrons. The van der Waals surface area contributed by atoms with Crippen molar-refractivity contribution in [1.82, 2.24) is 19.4 Å². The predicted molar refractivity (Wildman–Crippen MR) is 176 cm³/mol. The summed E-state index contributed by atoms with van der Waals surface area (Å²) in [5, 5.41) is 6.03. The average Bonchev–Trinajstić information content (AvgIpc) is 3.32. The molecule has 5 rings (SSSR count). The molecule has 14 heteroatoms. The summed E-state index contributed by atoms with van der Waals surface area (Å²) in [6.07, 6.45) is -3.21. The number of nitrogen functional groups attached to an aromatic ring is 1. The van der Waals surface area contributed by atoms with E-state index in [1.165, 1.54) is 18.3 Å². The van der Waals surface area contributed by atoms with Gasteiger partial charge in [-0.3, -0.25) is 4.79 Å². The molecule has 3 heterocycles. The monoisotopic (exact) mass is 661 g/mol. The Morgan fingerprint density at radius 3 is 2.43 bits per heavy atom. The number of fused-ring (bicyclic) bond motifs is 1. The number of alkyl halides is 3. The van der Waals surface area contributed by atoms with Crippen LogP contribution in [0.1, 0.15) is 53.5 Å². The summed E-state index contributed by atoms with van der Waals surface area (Å²) in [5.41, 5.74) is 8.57. The Kier molecular flexibility index (Phi) is 8.95. The number of anilines is 3. The van der Waals surface area contributed by atoms with Gasteiger partial charge < -0.3 is 25.7 Å². The lowest BCUT2D eigenvalue weighted by molar-refractivity contribution is -0.137. The summed E-state index contributed by atoms with van der Waals surface area (Å²) < 4.78 is 45.8. The van der Waals surface area contributed by atoms with Crippen molar-refractivity contribution in [2.45, 2.75) is 39.0 Å². The van der Waals surface area contributed by atoms with Gasteiger partial charge in [0, 0.05) is 48.8 Å².